The second-order valence-electron chi connectivity index (χ2n) is 6.22. The first-order valence-electron chi connectivity index (χ1n) is 8.45. The predicted molar refractivity (Wildman–Crippen MR) is 93.9 cm³/mol. The highest BCUT2D eigenvalue weighted by atomic mass is 19.1. The molecule has 0 radical (unpaired) electrons. The van der Waals surface area contributed by atoms with Gasteiger partial charge in [-0.05, 0) is 38.1 Å². The van der Waals surface area contributed by atoms with Crippen molar-refractivity contribution in [2.45, 2.75) is 24.9 Å². The van der Waals surface area contributed by atoms with E-state index in [4.69, 9.17) is 0 Å². The van der Waals surface area contributed by atoms with E-state index in [1.54, 1.807) is 12.1 Å². The zero-order chi connectivity index (χ0) is 16.8. The Kier molecular flexibility index (Phi) is 5.30. The SMILES string of the molecule is OC(C#CCN1CCCCC1)(c1ccccc1)c1ccc(F)cc1. The molecular weight excluding hydrogens is 301 g/mol. The summed E-state index contributed by atoms with van der Waals surface area (Å²) < 4.78 is 13.2. The summed E-state index contributed by atoms with van der Waals surface area (Å²) >= 11 is 0. The fraction of sp³-hybridized carbons (Fsp3) is 0.333. The number of likely N-dealkylation sites (tertiary alicyclic amines) is 1. The van der Waals surface area contributed by atoms with Crippen LogP contribution in [0.1, 0.15) is 30.4 Å². The largest absolute Gasteiger partial charge is 0.369 e. The molecule has 0 aliphatic carbocycles. The van der Waals surface area contributed by atoms with Crippen LogP contribution in [-0.2, 0) is 5.60 Å². The molecule has 24 heavy (non-hydrogen) atoms. The maximum Gasteiger partial charge on any atom is 0.176 e. The van der Waals surface area contributed by atoms with Crippen molar-refractivity contribution >= 4 is 0 Å². The summed E-state index contributed by atoms with van der Waals surface area (Å²) in [6, 6.07) is 15.2. The number of nitrogens with zero attached hydrogens (tertiary/aromatic N) is 1. The molecule has 0 aromatic heterocycles. The Balaban J connectivity index is 1.89. The van der Waals surface area contributed by atoms with Crippen LogP contribution < -0.4 is 0 Å². The van der Waals surface area contributed by atoms with Gasteiger partial charge in [-0.3, -0.25) is 4.90 Å². The normalized spacial score (nSPS) is 17.6. The fourth-order valence-corrected chi connectivity index (χ4v) is 3.08. The third-order valence-corrected chi connectivity index (χ3v) is 4.47. The van der Waals surface area contributed by atoms with E-state index in [9.17, 15) is 9.50 Å². The lowest BCUT2D eigenvalue weighted by Crippen LogP contribution is -2.30. The van der Waals surface area contributed by atoms with Crippen LogP contribution in [0.5, 0.6) is 0 Å². The number of hydrogen-bond acceptors (Lipinski definition) is 2. The van der Waals surface area contributed by atoms with Gasteiger partial charge in [-0.25, -0.2) is 4.39 Å². The van der Waals surface area contributed by atoms with Gasteiger partial charge < -0.3 is 5.11 Å². The highest BCUT2D eigenvalue weighted by Crippen LogP contribution is 2.29. The van der Waals surface area contributed by atoms with E-state index in [2.05, 4.69) is 16.7 Å². The van der Waals surface area contributed by atoms with Gasteiger partial charge in [-0.2, -0.15) is 0 Å². The molecule has 1 atom stereocenters. The molecule has 0 saturated carbocycles. The second-order valence-corrected chi connectivity index (χ2v) is 6.22. The summed E-state index contributed by atoms with van der Waals surface area (Å²) in [5.41, 5.74) is -0.144. The second kappa shape index (κ2) is 7.61. The van der Waals surface area contributed by atoms with Gasteiger partial charge in [0.05, 0.1) is 6.54 Å². The molecule has 124 valence electrons. The lowest BCUT2D eigenvalue weighted by molar-refractivity contribution is 0.145. The van der Waals surface area contributed by atoms with Crippen molar-refractivity contribution in [1.29, 1.82) is 0 Å². The lowest BCUT2D eigenvalue weighted by atomic mass is 9.87. The minimum Gasteiger partial charge on any atom is -0.369 e. The standard InChI is InChI=1S/C21H22FNO/c22-20-12-10-19(11-13-20)21(24,18-8-3-1-4-9-18)14-7-17-23-15-5-2-6-16-23/h1,3-4,8-13,24H,2,5-6,15-17H2. The molecule has 1 fully saturated rings. The van der Waals surface area contributed by atoms with Crippen molar-refractivity contribution < 1.29 is 9.50 Å². The van der Waals surface area contributed by atoms with Gasteiger partial charge >= 0.3 is 0 Å². The molecule has 3 heteroatoms. The van der Waals surface area contributed by atoms with Crippen molar-refractivity contribution in [3.8, 4) is 11.8 Å². The van der Waals surface area contributed by atoms with E-state index in [1.807, 2.05) is 30.3 Å². The number of rotatable bonds is 3. The third kappa shape index (κ3) is 3.84. The summed E-state index contributed by atoms with van der Waals surface area (Å²) in [6.45, 7) is 2.78. The van der Waals surface area contributed by atoms with Crippen molar-refractivity contribution in [3.63, 3.8) is 0 Å². The molecule has 1 saturated heterocycles. The molecular formula is C21H22FNO. The van der Waals surface area contributed by atoms with Crippen LogP contribution in [0.3, 0.4) is 0 Å². The van der Waals surface area contributed by atoms with E-state index < -0.39 is 5.60 Å². The molecule has 1 N–H and O–H groups in total. The topological polar surface area (TPSA) is 23.5 Å². The average molecular weight is 323 g/mol. The Hall–Kier alpha value is -2.15. The van der Waals surface area contributed by atoms with Crippen LogP contribution >= 0.6 is 0 Å². The van der Waals surface area contributed by atoms with E-state index >= 15 is 0 Å². The molecule has 2 aromatic carbocycles. The molecule has 1 unspecified atom stereocenters. The summed E-state index contributed by atoms with van der Waals surface area (Å²) in [7, 11) is 0. The quantitative estimate of drug-likeness (QED) is 0.873. The first-order valence-corrected chi connectivity index (χ1v) is 8.45. The van der Waals surface area contributed by atoms with Crippen molar-refractivity contribution in [2.24, 2.45) is 0 Å². The maximum absolute atomic E-state index is 13.2. The van der Waals surface area contributed by atoms with Gasteiger partial charge in [0.2, 0.25) is 0 Å². The zero-order valence-corrected chi connectivity index (χ0v) is 13.7. The Labute approximate surface area is 142 Å². The number of benzene rings is 2. The molecule has 1 aliphatic heterocycles. The van der Waals surface area contributed by atoms with Gasteiger partial charge in [0.15, 0.2) is 5.60 Å². The zero-order valence-electron chi connectivity index (χ0n) is 13.7. The van der Waals surface area contributed by atoms with Crippen LogP contribution in [-0.4, -0.2) is 29.6 Å². The lowest BCUT2D eigenvalue weighted by Gasteiger charge is -2.25. The van der Waals surface area contributed by atoms with Gasteiger partial charge in [-0.15, -0.1) is 0 Å². The molecule has 0 bridgehead atoms. The summed E-state index contributed by atoms with van der Waals surface area (Å²) in [5.74, 6) is 5.85. The predicted octanol–water partition coefficient (Wildman–Crippen LogP) is 3.55. The fourth-order valence-electron chi connectivity index (χ4n) is 3.08. The van der Waals surface area contributed by atoms with Crippen molar-refractivity contribution in [3.05, 3.63) is 71.5 Å². The van der Waals surface area contributed by atoms with Crippen LogP contribution in [0.25, 0.3) is 0 Å². The Morgan fingerprint density at radius 2 is 1.54 bits per heavy atom. The highest BCUT2D eigenvalue weighted by Gasteiger charge is 2.29. The first kappa shape index (κ1) is 16.7. The third-order valence-electron chi connectivity index (χ3n) is 4.47. The van der Waals surface area contributed by atoms with Crippen molar-refractivity contribution in [1.82, 2.24) is 4.90 Å². The first-order chi connectivity index (χ1) is 11.7. The molecule has 1 heterocycles. The Morgan fingerprint density at radius 1 is 0.917 bits per heavy atom. The number of aliphatic hydroxyl groups is 1. The monoisotopic (exact) mass is 323 g/mol. The van der Waals surface area contributed by atoms with Gasteiger partial charge in [0, 0.05) is 11.1 Å². The minimum absolute atomic E-state index is 0.324. The van der Waals surface area contributed by atoms with E-state index in [0.29, 0.717) is 17.7 Å². The molecule has 0 spiro atoms. The van der Waals surface area contributed by atoms with E-state index in [1.165, 1.54) is 31.4 Å². The van der Waals surface area contributed by atoms with Gasteiger partial charge in [0.1, 0.15) is 5.82 Å². The molecule has 3 rings (SSSR count). The number of halogens is 1. The van der Waals surface area contributed by atoms with Crippen LogP contribution in [0, 0.1) is 17.7 Å². The van der Waals surface area contributed by atoms with E-state index in [0.717, 1.165) is 13.1 Å². The molecule has 0 amide bonds. The highest BCUT2D eigenvalue weighted by molar-refractivity contribution is 5.44. The number of hydrogen-bond donors (Lipinski definition) is 1. The molecule has 1 aliphatic rings. The van der Waals surface area contributed by atoms with Gasteiger partial charge in [-0.1, -0.05) is 60.7 Å². The van der Waals surface area contributed by atoms with Crippen LogP contribution in [0.15, 0.2) is 54.6 Å². The average Bonchev–Trinajstić information content (AvgIpc) is 2.64. The maximum atomic E-state index is 13.2. The van der Waals surface area contributed by atoms with E-state index in [-0.39, 0.29) is 5.82 Å². The summed E-state index contributed by atoms with van der Waals surface area (Å²) in [6.07, 6.45) is 3.71. The summed E-state index contributed by atoms with van der Waals surface area (Å²) in [5, 5.41) is 11.3. The van der Waals surface area contributed by atoms with Gasteiger partial charge in [0.25, 0.3) is 0 Å². The number of piperidine rings is 1. The van der Waals surface area contributed by atoms with Crippen LogP contribution in [0.4, 0.5) is 4.39 Å². The molecule has 2 aromatic rings. The smallest absolute Gasteiger partial charge is 0.176 e. The minimum atomic E-state index is -1.43. The molecule has 2 nitrogen and oxygen atoms in total. The summed E-state index contributed by atoms with van der Waals surface area (Å²) in [4.78, 5) is 2.31. The Morgan fingerprint density at radius 3 is 2.21 bits per heavy atom. The van der Waals surface area contributed by atoms with Crippen LogP contribution in [0.2, 0.25) is 0 Å². The Bertz CT molecular complexity index is 711. The van der Waals surface area contributed by atoms with Crippen molar-refractivity contribution in [2.75, 3.05) is 19.6 Å².